The predicted molar refractivity (Wildman–Crippen MR) is 78.8 cm³/mol. The van der Waals surface area contributed by atoms with Crippen molar-refractivity contribution in [3.05, 3.63) is 48.3 Å². The summed E-state index contributed by atoms with van der Waals surface area (Å²) >= 11 is 0. The summed E-state index contributed by atoms with van der Waals surface area (Å²) in [4.78, 5) is 21.3. The van der Waals surface area contributed by atoms with Gasteiger partial charge in [-0.3, -0.25) is 4.79 Å². The number of rotatable bonds is 3. The van der Waals surface area contributed by atoms with Gasteiger partial charge in [0.1, 0.15) is 18.3 Å². The summed E-state index contributed by atoms with van der Waals surface area (Å²) in [5.74, 6) is -1.31. The fourth-order valence-corrected chi connectivity index (χ4v) is 2.75. The maximum absolute atomic E-state index is 14.3. The van der Waals surface area contributed by atoms with E-state index < -0.39 is 23.9 Å². The summed E-state index contributed by atoms with van der Waals surface area (Å²) in [6.07, 6.45) is 3.33. The number of likely N-dealkylation sites (tertiary alicyclic amines) is 1. The van der Waals surface area contributed by atoms with Gasteiger partial charge in [-0.05, 0) is 17.7 Å². The minimum atomic E-state index is -1.19. The van der Waals surface area contributed by atoms with Crippen molar-refractivity contribution in [1.82, 2.24) is 14.9 Å². The Morgan fingerprint density at radius 2 is 2.04 bits per heavy atom. The van der Waals surface area contributed by atoms with E-state index in [4.69, 9.17) is 0 Å². The van der Waals surface area contributed by atoms with Crippen LogP contribution in [-0.4, -0.2) is 51.2 Å². The van der Waals surface area contributed by atoms with Gasteiger partial charge in [-0.15, -0.1) is 0 Å². The average molecular weight is 319 g/mol. The van der Waals surface area contributed by atoms with Crippen LogP contribution in [0, 0.1) is 5.82 Å². The molecule has 0 aliphatic carbocycles. The smallest absolute Gasteiger partial charge is 0.257 e. The van der Waals surface area contributed by atoms with Gasteiger partial charge in [-0.25, -0.2) is 18.7 Å². The van der Waals surface area contributed by atoms with Gasteiger partial charge in [0.25, 0.3) is 5.91 Å². The molecule has 0 unspecified atom stereocenters. The highest BCUT2D eigenvalue weighted by Gasteiger charge is 2.36. The Bertz CT molecular complexity index is 712. The molecule has 7 heteroatoms. The number of aliphatic hydroxyl groups is 1. The average Bonchev–Trinajstić information content (AvgIpc) is 2.96. The Hall–Kier alpha value is -2.41. The van der Waals surface area contributed by atoms with E-state index in [2.05, 4.69) is 9.97 Å². The summed E-state index contributed by atoms with van der Waals surface area (Å²) in [5.41, 5.74) is 1.03. The van der Waals surface area contributed by atoms with Crippen LogP contribution in [0.5, 0.6) is 0 Å². The van der Waals surface area contributed by atoms with Crippen molar-refractivity contribution in [3.63, 3.8) is 0 Å². The van der Waals surface area contributed by atoms with Gasteiger partial charge in [0.05, 0.1) is 24.8 Å². The molecule has 0 bridgehead atoms. The number of nitrogens with zero attached hydrogens (tertiary/aromatic N) is 3. The zero-order chi connectivity index (χ0) is 16.4. The maximum Gasteiger partial charge on any atom is 0.257 e. The van der Waals surface area contributed by atoms with Crippen molar-refractivity contribution < 1.29 is 18.7 Å². The fourth-order valence-electron chi connectivity index (χ4n) is 2.75. The summed E-state index contributed by atoms with van der Waals surface area (Å²) < 4.78 is 27.8. The first kappa shape index (κ1) is 15.5. The van der Waals surface area contributed by atoms with E-state index in [1.54, 1.807) is 18.5 Å². The van der Waals surface area contributed by atoms with Crippen LogP contribution in [0.15, 0.2) is 36.9 Å². The number of aromatic nitrogens is 2. The van der Waals surface area contributed by atoms with E-state index in [0.717, 1.165) is 0 Å². The van der Waals surface area contributed by atoms with E-state index in [0.29, 0.717) is 11.1 Å². The molecule has 1 aromatic heterocycles. The molecule has 0 radical (unpaired) electrons. The van der Waals surface area contributed by atoms with Crippen LogP contribution in [0.4, 0.5) is 8.78 Å². The molecule has 2 heterocycles. The third-order valence-corrected chi connectivity index (χ3v) is 3.93. The molecule has 1 aromatic carbocycles. The van der Waals surface area contributed by atoms with Crippen LogP contribution in [0.3, 0.4) is 0 Å². The topological polar surface area (TPSA) is 66.3 Å². The third-order valence-electron chi connectivity index (χ3n) is 3.93. The van der Waals surface area contributed by atoms with Crippen LogP contribution in [0.2, 0.25) is 0 Å². The monoisotopic (exact) mass is 319 g/mol. The molecule has 2 atom stereocenters. The largest absolute Gasteiger partial charge is 0.394 e. The summed E-state index contributed by atoms with van der Waals surface area (Å²) in [5, 5.41) is 9.24. The second-order valence-corrected chi connectivity index (χ2v) is 5.45. The number of amides is 1. The number of hydrogen-bond acceptors (Lipinski definition) is 4. The maximum atomic E-state index is 14.3. The molecule has 23 heavy (non-hydrogen) atoms. The van der Waals surface area contributed by atoms with Gasteiger partial charge in [0.2, 0.25) is 0 Å². The molecule has 1 aliphatic rings. The second-order valence-electron chi connectivity index (χ2n) is 5.45. The number of alkyl halides is 1. The molecule has 1 fully saturated rings. The number of hydrogen-bond donors (Lipinski definition) is 1. The van der Waals surface area contributed by atoms with E-state index in [1.165, 1.54) is 23.4 Å². The Morgan fingerprint density at radius 3 is 2.70 bits per heavy atom. The number of aliphatic hydroxyl groups excluding tert-OH is 1. The first-order valence-electron chi connectivity index (χ1n) is 7.21. The third kappa shape index (κ3) is 3.05. The first-order valence-corrected chi connectivity index (χ1v) is 7.21. The predicted octanol–water partition coefficient (Wildman–Crippen LogP) is 1.83. The number of carbonyl (C=O) groups is 1. The van der Waals surface area contributed by atoms with Crippen molar-refractivity contribution in [2.24, 2.45) is 0 Å². The van der Waals surface area contributed by atoms with E-state index in [1.807, 2.05) is 0 Å². The van der Waals surface area contributed by atoms with Crippen LogP contribution >= 0.6 is 0 Å². The molecule has 5 nitrogen and oxygen atoms in total. The summed E-state index contributed by atoms with van der Waals surface area (Å²) in [6.45, 7) is -0.467. The Balaban J connectivity index is 1.87. The molecule has 0 saturated carbocycles. The molecule has 120 valence electrons. The lowest BCUT2D eigenvalue weighted by Crippen LogP contribution is -2.38. The van der Waals surface area contributed by atoms with Gasteiger partial charge in [-0.1, -0.05) is 6.07 Å². The van der Waals surface area contributed by atoms with Crippen LogP contribution in [0.1, 0.15) is 16.8 Å². The Labute approximate surface area is 131 Å². The fraction of sp³-hybridized carbons (Fsp3) is 0.312. The highest BCUT2D eigenvalue weighted by Crippen LogP contribution is 2.25. The molecule has 1 saturated heterocycles. The molecule has 1 amide bonds. The Kier molecular flexibility index (Phi) is 4.29. The van der Waals surface area contributed by atoms with E-state index in [-0.39, 0.29) is 25.1 Å². The van der Waals surface area contributed by atoms with Crippen molar-refractivity contribution in [3.8, 4) is 11.1 Å². The van der Waals surface area contributed by atoms with Crippen LogP contribution in [0.25, 0.3) is 11.1 Å². The molecule has 3 rings (SSSR count). The molecule has 1 aliphatic heterocycles. The minimum absolute atomic E-state index is 0.0727. The van der Waals surface area contributed by atoms with Crippen molar-refractivity contribution in [2.45, 2.75) is 18.6 Å². The van der Waals surface area contributed by atoms with Gasteiger partial charge in [0, 0.05) is 24.4 Å². The molecular formula is C16H15F2N3O2. The van der Waals surface area contributed by atoms with Crippen molar-refractivity contribution in [2.75, 3.05) is 13.2 Å². The van der Waals surface area contributed by atoms with E-state index in [9.17, 15) is 18.7 Å². The Morgan fingerprint density at radius 1 is 1.30 bits per heavy atom. The van der Waals surface area contributed by atoms with Gasteiger partial charge < -0.3 is 10.0 Å². The van der Waals surface area contributed by atoms with Crippen molar-refractivity contribution >= 4 is 5.91 Å². The summed E-state index contributed by atoms with van der Waals surface area (Å²) in [7, 11) is 0. The lowest BCUT2D eigenvalue weighted by molar-refractivity contribution is 0.0668. The number of benzene rings is 1. The minimum Gasteiger partial charge on any atom is -0.394 e. The zero-order valence-electron chi connectivity index (χ0n) is 12.2. The number of carbonyl (C=O) groups excluding carboxylic acids is 1. The normalized spacial score (nSPS) is 20.7. The molecule has 2 aromatic rings. The van der Waals surface area contributed by atoms with Crippen LogP contribution < -0.4 is 0 Å². The second kappa shape index (κ2) is 6.37. The van der Waals surface area contributed by atoms with Gasteiger partial charge in [-0.2, -0.15) is 0 Å². The lowest BCUT2D eigenvalue weighted by Gasteiger charge is -2.23. The van der Waals surface area contributed by atoms with E-state index >= 15 is 0 Å². The SMILES string of the molecule is O=C(c1ccc(-c2cncnc2)cc1F)N1C[C@@H](F)C[C@H]1CO. The molecule has 0 spiro atoms. The zero-order valence-corrected chi connectivity index (χ0v) is 12.2. The van der Waals surface area contributed by atoms with Crippen molar-refractivity contribution in [1.29, 1.82) is 0 Å². The first-order chi connectivity index (χ1) is 11.1. The van der Waals surface area contributed by atoms with Crippen LogP contribution in [-0.2, 0) is 0 Å². The highest BCUT2D eigenvalue weighted by atomic mass is 19.1. The summed E-state index contributed by atoms with van der Waals surface area (Å²) in [6, 6.07) is 3.56. The number of halogens is 2. The standard InChI is InChI=1S/C16H15F2N3O2/c17-12-4-13(8-22)21(7-12)16(23)14-2-1-10(3-15(14)18)11-5-19-9-20-6-11/h1-3,5-6,9,12-13,22H,4,7-8H2/t12-,13-/m0/s1. The highest BCUT2D eigenvalue weighted by molar-refractivity contribution is 5.95. The molecule has 1 N–H and O–H groups in total. The quantitative estimate of drug-likeness (QED) is 0.937. The van der Waals surface area contributed by atoms with Gasteiger partial charge >= 0.3 is 0 Å². The lowest BCUT2D eigenvalue weighted by atomic mass is 10.1. The van der Waals surface area contributed by atoms with Gasteiger partial charge in [0.15, 0.2) is 0 Å². The molecular weight excluding hydrogens is 304 g/mol.